The lowest BCUT2D eigenvalue weighted by Crippen LogP contribution is -1.97. The summed E-state index contributed by atoms with van der Waals surface area (Å²) in [5.41, 5.74) is 8.13. The van der Waals surface area contributed by atoms with Crippen LogP contribution in [0.3, 0.4) is 0 Å². The highest BCUT2D eigenvalue weighted by atomic mass is 79.9. The number of furan rings is 1. The number of aliphatic hydroxyl groups excluding tert-OH is 1. The highest BCUT2D eigenvalue weighted by Gasteiger charge is 2.11. The topological polar surface area (TPSA) is 82.1 Å². The third kappa shape index (κ3) is 2.01. The average Bonchev–Trinajstić information content (AvgIpc) is 2.47. The minimum atomic E-state index is -0.638. The highest BCUT2D eigenvalue weighted by molar-refractivity contribution is 9.10. The van der Waals surface area contributed by atoms with Crippen molar-refractivity contribution in [2.75, 3.05) is 6.61 Å². The Labute approximate surface area is 76.8 Å². The Kier molecular flexibility index (Phi) is 3.16. The molecule has 0 spiro atoms. The van der Waals surface area contributed by atoms with Crippen LogP contribution in [-0.4, -0.2) is 11.7 Å². The molecule has 0 aliphatic rings. The molecule has 1 rings (SSSR count). The van der Waals surface area contributed by atoms with Crippen molar-refractivity contribution in [1.29, 1.82) is 0 Å². The summed E-state index contributed by atoms with van der Waals surface area (Å²) in [5.74, 6) is 0.446. The number of hydrogen-bond donors (Lipinski definition) is 1. The van der Waals surface area contributed by atoms with Gasteiger partial charge in [-0.1, -0.05) is 5.11 Å². The van der Waals surface area contributed by atoms with E-state index in [1.54, 1.807) is 6.07 Å². The van der Waals surface area contributed by atoms with Gasteiger partial charge in [0, 0.05) is 4.91 Å². The summed E-state index contributed by atoms with van der Waals surface area (Å²) >= 11 is 3.17. The molecular weight excluding hydrogens is 226 g/mol. The maximum atomic E-state index is 8.78. The van der Waals surface area contributed by atoms with Crippen LogP contribution in [0.15, 0.2) is 26.3 Å². The van der Waals surface area contributed by atoms with E-state index < -0.39 is 6.04 Å². The third-order valence-electron chi connectivity index (χ3n) is 1.28. The lowest BCUT2D eigenvalue weighted by atomic mass is 10.2. The highest BCUT2D eigenvalue weighted by Crippen LogP contribution is 2.22. The second-order valence-corrected chi connectivity index (χ2v) is 2.99. The van der Waals surface area contributed by atoms with Crippen molar-refractivity contribution in [3.8, 4) is 0 Å². The van der Waals surface area contributed by atoms with Crippen molar-refractivity contribution in [3.63, 3.8) is 0 Å². The molecule has 1 aromatic heterocycles. The van der Waals surface area contributed by atoms with Crippen molar-refractivity contribution < 1.29 is 9.52 Å². The fourth-order valence-electron chi connectivity index (χ4n) is 0.749. The second-order valence-electron chi connectivity index (χ2n) is 2.07. The third-order valence-corrected chi connectivity index (χ3v) is 1.70. The molecule has 0 aliphatic carbocycles. The molecule has 5 nitrogen and oxygen atoms in total. The average molecular weight is 232 g/mol. The molecular formula is C6H6BrN3O2. The fraction of sp³-hybridized carbons (Fsp3) is 0.333. The van der Waals surface area contributed by atoms with Gasteiger partial charge in [0.1, 0.15) is 18.1 Å². The minimum absolute atomic E-state index is 0.260. The summed E-state index contributed by atoms with van der Waals surface area (Å²) in [6, 6.07) is 1.01. The van der Waals surface area contributed by atoms with E-state index in [-0.39, 0.29) is 6.61 Å². The predicted molar refractivity (Wildman–Crippen MR) is 45.4 cm³/mol. The lowest BCUT2D eigenvalue weighted by Gasteiger charge is -2.00. The Morgan fingerprint density at radius 1 is 1.83 bits per heavy atom. The number of rotatable bonds is 3. The van der Waals surface area contributed by atoms with Gasteiger partial charge in [-0.25, -0.2) is 0 Å². The molecule has 1 aromatic rings. The Hall–Kier alpha value is -0.970. The maximum absolute atomic E-state index is 8.78. The summed E-state index contributed by atoms with van der Waals surface area (Å²) < 4.78 is 5.75. The van der Waals surface area contributed by atoms with Gasteiger partial charge in [0.2, 0.25) is 0 Å². The van der Waals surface area contributed by atoms with Crippen molar-refractivity contribution >= 4 is 15.9 Å². The Bertz CT molecular complexity index is 305. The zero-order valence-electron chi connectivity index (χ0n) is 6.01. The van der Waals surface area contributed by atoms with Gasteiger partial charge in [-0.05, 0) is 27.5 Å². The van der Waals surface area contributed by atoms with Crippen molar-refractivity contribution in [1.82, 2.24) is 0 Å². The molecule has 0 saturated carbocycles. The second kappa shape index (κ2) is 4.15. The van der Waals surface area contributed by atoms with Gasteiger partial charge in [0.25, 0.3) is 0 Å². The molecule has 1 N–H and O–H groups in total. The first-order valence-corrected chi connectivity index (χ1v) is 3.96. The summed E-state index contributed by atoms with van der Waals surface area (Å²) in [4.78, 5) is 2.58. The molecule has 0 aliphatic heterocycles. The van der Waals surface area contributed by atoms with Crippen LogP contribution in [0.5, 0.6) is 0 Å². The molecule has 64 valence electrons. The number of hydrogen-bond acceptors (Lipinski definition) is 3. The molecule has 12 heavy (non-hydrogen) atoms. The van der Waals surface area contributed by atoms with Gasteiger partial charge >= 0.3 is 0 Å². The van der Waals surface area contributed by atoms with E-state index in [4.69, 9.17) is 15.1 Å². The molecule has 0 bridgehead atoms. The van der Waals surface area contributed by atoms with Crippen LogP contribution in [0, 0.1) is 0 Å². The largest absolute Gasteiger partial charge is 0.468 e. The summed E-state index contributed by atoms with van der Waals surface area (Å²) in [7, 11) is 0. The zero-order valence-corrected chi connectivity index (χ0v) is 7.60. The van der Waals surface area contributed by atoms with Crippen LogP contribution in [-0.2, 0) is 0 Å². The van der Waals surface area contributed by atoms with Crippen LogP contribution >= 0.6 is 15.9 Å². The summed E-state index contributed by atoms with van der Waals surface area (Å²) in [6.07, 6.45) is 1.46. The Morgan fingerprint density at radius 3 is 3.00 bits per heavy atom. The van der Waals surface area contributed by atoms with Crippen molar-refractivity contribution in [2.45, 2.75) is 6.04 Å². The smallest absolute Gasteiger partial charge is 0.119 e. The predicted octanol–water partition coefficient (Wildman–Crippen LogP) is 2.39. The molecule has 0 saturated heterocycles. The molecule has 0 radical (unpaired) electrons. The van der Waals surface area contributed by atoms with Crippen LogP contribution in [0.25, 0.3) is 10.4 Å². The first-order chi connectivity index (χ1) is 5.77. The van der Waals surface area contributed by atoms with Crippen LogP contribution < -0.4 is 0 Å². The lowest BCUT2D eigenvalue weighted by molar-refractivity contribution is 0.252. The number of nitrogens with zero attached hydrogens (tertiary/aromatic N) is 3. The normalized spacial score (nSPS) is 12.2. The van der Waals surface area contributed by atoms with Gasteiger partial charge in [-0.3, -0.25) is 0 Å². The van der Waals surface area contributed by atoms with Crippen molar-refractivity contribution in [3.05, 3.63) is 33.0 Å². The number of aliphatic hydroxyl groups is 1. The van der Waals surface area contributed by atoms with E-state index in [0.717, 1.165) is 4.47 Å². The van der Waals surface area contributed by atoms with Gasteiger partial charge < -0.3 is 9.52 Å². The van der Waals surface area contributed by atoms with Gasteiger partial charge in [-0.2, -0.15) is 0 Å². The molecule has 0 aromatic carbocycles. The van der Waals surface area contributed by atoms with Crippen molar-refractivity contribution in [2.24, 2.45) is 5.11 Å². The molecule has 6 heteroatoms. The van der Waals surface area contributed by atoms with E-state index in [1.165, 1.54) is 6.26 Å². The summed E-state index contributed by atoms with van der Waals surface area (Å²) in [5, 5.41) is 12.1. The van der Waals surface area contributed by atoms with E-state index in [2.05, 4.69) is 26.0 Å². The first-order valence-electron chi connectivity index (χ1n) is 3.17. The Morgan fingerprint density at radius 2 is 2.58 bits per heavy atom. The number of azide groups is 1. The molecule has 0 amide bonds. The van der Waals surface area contributed by atoms with Crippen LogP contribution in [0.1, 0.15) is 11.8 Å². The van der Waals surface area contributed by atoms with E-state index >= 15 is 0 Å². The Balaban J connectivity index is 2.86. The van der Waals surface area contributed by atoms with Crippen LogP contribution in [0.2, 0.25) is 0 Å². The quantitative estimate of drug-likeness (QED) is 0.493. The van der Waals surface area contributed by atoms with Gasteiger partial charge in [0.15, 0.2) is 0 Å². The summed E-state index contributed by atoms with van der Waals surface area (Å²) in [6.45, 7) is -0.260. The van der Waals surface area contributed by atoms with E-state index in [1.807, 2.05) is 0 Å². The number of halogens is 1. The molecule has 1 unspecified atom stereocenters. The first kappa shape index (κ1) is 9.12. The minimum Gasteiger partial charge on any atom is -0.468 e. The zero-order chi connectivity index (χ0) is 8.97. The van der Waals surface area contributed by atoms with Crippen LogP contribution in [0.4, 0.5) is 0 Å². The fourth-order valence-corrected chi connectivity index (χ4v) is 1.07. The standard InChI is InChI=1S/C6H6BrN3O2/c7-4-1-6(12-3-4)5(2-11)9-10-8/h1,3,5,11H,2H2. The van der Waals surface area contributed by atoms with E-state index in [0.29, 0.717) is 5.76 Å². The maximum Gasteiger partial charge on any atom is 0.119 e. The van der Waals surface area contributed by atoms with E-state index in [9.17, 15) is 0 Å². The molecule has 1 atom stereocenters. The monoisotopic (exact) mass is 231 g/mol. The van der Waals surface area contributed by atoms with Gasteiger partial charge in [0.05, 0.1) is 11.1 Å². The van der Waals surface area contributed by atoms with Gasteiger partial charge in [-0.15, -0.1) is 0 Å². The molecule has 0 fully saturated rings. The molecule has 1 heterocycles. The SMILES string of the molecule is [N-]=[N+]=NC(CO)c1cc(Br)co1.